The van der Waals surface area contributed by atoms with Crippen molar-refractivity contribution in [3.8, 4) is 5.69 Å². The average Bonchev–Trinajstić information content (AvgIpc) is 3.26. The molecule has 0 saturated heterocycles. The van der Waals surface area contributed by atoms with E-state index in [1.807, 2.05) is 37.3 Å². The molecule has 3 aromatic carbocycles. The van der Waals surface area contributed by atoms with E-state index < -0.39 is 0 Å². The van der Waals surface area contributed by atoms with Crippen molar-refractivity contribution in [2.75, 3.05) is 5.32 Å². The molecule has 4 aromatic rings. The van der Waals surface area contributed by atoms with Crippen molar-refractivity contribution in [1.82, 2.24) is 15.0 Å². The maximum atomic E-state index is 13.6. The van der Waals surface area contributed by atoms with Crippen LogP contribution in [-0.4, -0.2) is 32.6 Å². The average molecular weight is 437 g/mol. The lowest BCUT2D eigenvalue weighted by molar-refractivity contribution is 0.0980. The summed E-state index contributed by atoms with van der Waals surface area (Å²) in [7, 11) is 0. The first-order valence-electron chi connectivity index (χ1n) is 11.6. The van der Waals surface area contributed by atoms with Crippen molar-refractivity contribution in [2.45, 2.75) is 45.1 Å². The Labute approximate surface area is 191 Å². The van der Waals surface area contributed by atoms with Gasteiger partial charge in [0, 0.05) is 22.9 Å². The number of carbonyl (C=O) groups excluding carboxylic acids is 2. The highest BCUT2D eigenvalue weighted by molar-refractivity contribution is 6.33. The number of rotatable bonds is 3. The molecule has 6 nitrogen and oxygen atoms in total. The third-order valence-corrected chi connectivity index (χ3v) is 6.86. The molecule has 0 radical (unpaired) electrons. The van der Waals surface area contributed by atoms with Crippen molar-refractivity contribution in [1.29, 1.82) is 0 Å². The molecule has 1 N–H and O–H groups in total. The van der Waals surface area contributed by atoms with Gasteiger partial charge >= 0.3 is 0 Å². The third-order valence-electron chi connectivity index (χ3n) is 6.86. The first-order valence-corrected chi connectivity index (χ1v) is 11.6. The summed E-state index contributed by atoms with van der Waals surface area (Å²) in [5.41, 5.74) is 5.56. The molecule has 0 unspecified atom stereocenters. The van der Waals surface area contributed by atoms with Gasteiger partial charge in [0.15, 0.2) is 11.6 Å². The second kappa shape index (κ2) is 7.66. The molecule has 1 heterocycles. The van der Waals surface area contributed by atoms with Crippen LogP contribution in [0.15, 0.2) is 54.6 Å². The summed E-state index contributed by atoms with van der Waals surface area (Å²) in [6.45, 7) is 2.04. The molecule has 2 aliphatic rings. The summed E-state index contributed by atoms with van der Waals surface area (Å²) in [6, 6.07) is 17.3. The largest absolute Gasteiger partial charge is 0.382 e. The Morgan fingerprint density at radius 3 is 2.24 bits per heavy atom. The van der Waals surface area contributed by atoms with E-state index in [2.05, 4.69) is 15.6 Å². The molecule has 0 spiro atoms. The van der Waals surface area contributed by atoms with Crippen LogP contribution in [-0.2, 0) is 0 Å². The Hall–Kier alpha value is -3.80. The number of benzene rings is 3. The summed E-state index contributed by atoms with van der Waals surface area (Å²) in [4.78, 5) is 27.3. The molecule has 0 bridgehead atoms. The van der Waals surface area contributed by atoms with Gasteiger partial charge in [0.05, 0.1) is 22.3 Å². The predicted octanol–water partition coefficient (Wildman–Crippen LogP) is 5.25. The lowest BCUT2D eigenvalue weighted by atomic mass is 9.82. The second-order valence-corrected chi connectivity index (χ2v) is 9.06. The summed E-state index contributed by atoms with van der Waals surface area (Å²) >= 11 is 0. The van der Waals surface area contributed by atoms with Crippen LogP contribution in [0.25, 0.3) is 16.7 Å². The van der Waals surface area contributed by atoms with Gasteiger partial charge < -0.3 is 5.32 Å². The van der Waals surface area contributed by atoms with Gasteiger partial charge in [-0.1, -0.05) is 66.4 Å². The first kappa shape index (κ1) is 19.9. The Morgan fingerprint density at radius 1 is 0.879 bits per heavy atom. The van der Waals surface area contributed by atoms with E-state index in [1.54, 1.807) is 28.9 Å². The molecule has 1 fully saturated rings. The highest BCUT2D eigenvalue weighted by Crippen LogP contribution is 2.38. The Kier molecular flexibility index (Phi) is 4.61. The number of aromatic nitrogens is 3. The van der Waals surface area contributed by atoms with E-state index in [-0.39, 0.29) is 17.6 Å². The molecule has 1 saturated carbocycles. The van der Waals surface area contributed by atoms with Crippen LogP contribution in [0.2, 0.25) is 0 Å². The van der Waals surface area contributed by atoms with E-state index in [0.29, 0.717) is 33.5 Å². The van der Waals surface area contributed by atoms with Gasteiger partial charge in [-0.15, -0.1) is 5.10 Å². The summed E-state index contributed by atoms with van der Waals surface area (Å²) in [6.07, 6.45) is 5.69. The van der Waals surface area contributed by atoms with Crippen molar-refractivity contribution in [2.24, 2.45) is 0 Å². The maximum Gasteiger partial charge on any atom is 0.196 e. The van der Waals surface area contributed by atoms with E-state index in [0.717, 1.165) is 29.6 Å². The minimum Gasteiger partial charge on any atom is -0.382 e. The molecule has 2 aliphatic carbocycles. The van der Waals surface area contributed by atoms with E-state index in [9.17, 15) is 9.59 Å². The molecule has 33 heavy (non-hydrogen) atoms. The normalized spacial score (nSPS) is 16.0. The van der Waals surface area contributed by atoms with Crippen molar-refractivity contribution >= 4 is 28.3 Å². The van der Waals surface area contributed by atoms with E-state index >= 15 is 0 Å². The smallest absolute Gasteiger partial charge is 0.196 e. The van der Waals surface area contributed by atoms with E-state index in [4.69, 9.17) is 0 Å². The zero-order valence-corrected chi connectivity index (χ0v) is 18.5. The fraction of sp³-hybridized carbons (Fsp3) is 0.259. The Balaban J connectivity index is 1.60. The molecule has 0 amide bonds. The van der Waals surface area contributed by atoms with Crippen molar-refractivity contribution < 1.29 is 9.59 Å². The molecule has 1 aromatic heterocycles. The second-order valence-electron chi connectivity index (χ2n) is 9.06. The maximum absolute atomic E-state index is 13.6. The minimum absolute atomic E-state index is 0.134. The van der Waals surface area contributed by atoms with Crippen LogP contribution in [0.1, 0.15) is 69.5 Å². The molecular weight excluding hydrogens is 412 g/mol. The number of nitrogens with one attached hydrogen (secondary N) is 1. The van der Waals surface area contributed by atoms with Crippen LogP contribution >= 0.6 is 0 Å². The molecule has 6 heteroatoms. The summed E-state index contributed by atoms with van der Waals surface area (Å²) < 4.78 is 1.75. The summed E-state index contributed by atoms with van der Waals surface area (Å²) in [5, 5.41) is 12.4. The quantitative estimate of drug-likeness (QED) is 0.418. The van der Waals surface area contributed by atoms with Crippen LogP contribution in [0, 0.1) is 6.92 Å². The van der Waals surface area contributed by atoms with E-state index in [1.165, 1.54) is 19.3 Å². The highest BCUT2D eigenvalue weighted by atomic mass is 16.1. The molecule has 6 rings (SSSR count). The van der Waals surface area contributed by atoms with Gasteiger partial charge in [0.1, 0.15) is 5.52 Å². The number of nitrogens with zero attached hydrogens (tertiary/aromatic N) is 3. The standard InChI is InChI=1S/C27H24N4O2/c1-16-11-13-18(14-12-16)31-22-15-21(28-17-7-3-2-4-8-17)23-24(25(22)29-30-31)27(33)20-10-6-5-9-19(20)26(23)32/h5-6,9-15,17,28H,2-4,7-8H2,1H3. The number of fused-ring (bicyclic) bond motifs is 4. The third kappa shape index (κ3) is 3.17. The number of hydrogen-bond acceptors (Lipinski definition) is 5. The molecule has 0 atom stereocenters. The fourth-order valence-electron chi connectivity index (χ4n) is 5.12. The van der Waals surface area contributed by atoms with Gasteiger partial charge in [0.25, 0.3) is 0 Å². The van der Waals surface area contributed by atoms with Gasteiger partial charge in [-0.05, 0) is 38.0 Å². The topological polar surface area (TPSA) is 76.9 Å². The zero-order valence-electron chi connectivity index (χ0n) is 18.5. The molecule has 164 valence electrons. The van der Waals surface area contributed by atoms with Gasteiger partial charge in [-0.2, -0.15) is 0 Å². The van der Waals surface area contributed by atoms with Gasteiger partial charge in [-0.3, -0.25) is 9.59 Å². The van der Waals surface area contributed by atoms with Crippen molar-refractivity contribution in [3.05, 3.63) is 82.4 Å². The number of aryl methyl sites for hydroxylation is 1. The number of hydrogen-bond donors (Lipinski definition) is 1. The zero-order chi connectivity index (χ0) is 22.5. The highest BCUT2D eigenvalue weighted by Gasteiger charge is 2.35. The van der Waals surface area contributed by atoms with Crippen molar-refractivity contribution in [3.63, 3.8) is 0 Å². The lowest BCUT2D eigenvalue weighted by Gasteiger charge is -2.27. The number of carbonyl (C=O) groups is 2. The fourth-order valence-corrected chi connectivity index (χ4v) is 5.12. The number of ketones is 2. The Morgan fingerprint density at radius 2 is 1.55 bits per heavy atom. The minimum atomic E-state index is -0.173. The first-order chi connectivity index (χ1) is 16.1. The SMILES string of the molecule is Cc1ccc(-n2nnc3c4c(c(NC5CCCCC5)cc32)C(=O)c2ccccc2C4=O)cc1. The van der Waals surface area contributed by atoms with Crippen LogP contribution in [0.4, 0.5) is 5.69 Å². The molecule has 0 aliphatic heterocycles. The predicted molar refractivity (Wildman–Crippen MR) is 127 cm³/mol. The van der Waals surface area contributed by atoms with Crippen LogP contribution in [0.5, 0.6) is 0 Å². The van der Waals surface area contributed by atoms with Crippen LogP contribution in [0.3, 0.4) is 0 Å². The molecular formula is C27H24N4O2. The van der Waals surface area contributed by atoms with Gasteiger partial charge in [0.2, 0.25) is 0 Å². The Bertz CT molecular complexity index is 1410. The van der Waals surface area contributed by atoms with Gasteiger partial charge in [-0.25, -0.2) is 4.68 Å². The summed E-state index contributed by atoms with van der Waals surface area (Å²) in [5.74, 6) is -0.307. The lowest BCUT2D eigenvalue weighted by Crippen LogP contribution is -2.27. The van der Waals surface area contributed by atoms with Crippen LogP contribution < -0.4 is 5.32 Å². The number of anilines is 1. The monoisotopic (exact) mass is 436 g/mol.